The van der Waals surface area contributed by atoms with Crippen molar-refractivity contribution in [2.75, 3.05) is 49.2 Å². The van der Waals surface area contributed by atoms with E-state index in [2.05, 4.69) is 32.8 Å². The fraction of sp³-hybridized carbons (Fsp3) is 0.522. The standard InChI is InChI=1S/C23H27N3O2/c1-2-18-21(26-10-8-23(9-11-26)6-3-7-23)19-16-17(25-12-14-28-15-13-25)4-5-20(19)24-22(18)27/h1,4-5,16H,3,6-15H2,(H,24,27). The summed E-state index contributed by atoms with van der Waals surface area (Å²) in [4.78, 5) is 20.3. The van der Waals surface area contributed by atoms with Crippen LogP contribution in [0.15, 0.2) is 23.0 Å². The molecule has 0 radical (unpaired) electrons. The molecule has 3 aliphatic rings. The fourth-order valence-electron chi connectivity index (χ4n) is 5.13. The Bertz CT molecular complexity index is 983. The molecule has 3 fully saturated rings. The van der Waals surface area contributed by atoms with Crippen molar-refractivity contribution in [3.05, 3.63) is 34.1 Å². The molecular weight excluding hydrogens is 350 g/mol. The number of nitrogens with zero attached hydrogens (tertiary/aromatic N) is 2. The van der Waals surface area contributed by atoms with Gasteiger partial charge in [0, 0.05) is 37.3 Å². The van der Waals surface area contributed by atoms with Crippen LogP contribution in [0.25, 0.3) is 10.9 Å². The Morgan fingerprint density at radius 3 is 2.43 bits per heavy atom. The topological polar surface area (TPSA) is 48.6 Å². The van der Waals surface area contributed by atoms with Gasteiger partial charge in [0.2, 0.25) is 0 Å². The third-order valence-electron chi connectivity index (χ3n) is 7.05. The molecule has 2 aliphatic heterocycles. The first-order valence-corrected chi connectivity index (χ1v) is 10.4. The summed E-state index contributed by atoms with van der Waals surface area (Å²) in [6, 6.07) is 6.30. The second-order valence-electron chi connectivity index (χ2n) is 8.49. The average Bonchev–Trinajstić information content (AvgIpc) is 2.72. The van der Waals surface area contributed by atoms with Crippen LogP contribution in [0.5, 0.6) is 0 Å². The van der Waals surface area contributed by atoms with Crippen LogP contribution in [-0.2, 0) is 4.74 Å². The van der Waals surface area contributed by atoms with Crippen molar-refractivity contribution in [1.29, 1.82) is 0 Å². The van der Waals surface area contributed by atoms with Crippen LogP contribution < -0.4 is 15.4 Å². The number of morpholine rings is 1. The first-order chi connectivity index (χ1) is 13.7. The zero-order valence-corrected chi connectivity index (χ0v) is 16.3. The number of H-pyrrole nitrogens is 1. The zero-order valence-electron chi connectivity index (χ0n) is 16.3. The number of fused-ring (bicyclic) bond motifs is 1. The normalized spacial score (nSPS) is 21.5. The van der Waals surface area contributed by atoms with E-state index >= 15 is 0 Å². The van der Waals surface area contributed by atoms with Gasteiger partial charge >= 0.3 is 0 Å². The van der Waals surface area contributed by atoms with Crippen molar-refractivity contribution in [1.82, 2.24) is 4.98 Å². The number of pyridine rings is 1. The second kappa shape index (κ2) is 6.86. The predicted octanol–water partition coefficient (Wildman–Crippen LogP) is 3.12. The molecule has 1 aromatic carbocycles. The number of rotatable bonds is 2. The molecule has 5 nitrogen and oxygen atoms in total. The van der Waals surface area contributed by atoms with Crippen LogP contribution in [0.4, 0.5) is 11.4 Å². The largest absolute Gasteiger partial charge is 0.378 e. The van der Waals surface area contributed by atoms with Crippen LogP contribution in [0, 0.1) is 17.8 Å². The lowest BCUT2D eigenvalue weighted by molar-refractivity contribution is 0.0956. The van der Waals surface area contributed by atoms with E-state index in [0.29, 0.717) is 11.0 Å². The highest BCUT2D eigenvalue weighted by Crippen LogP contribution is 2.49. The Morgan fingerprint density at radius 1 is 1.04 bits per heavy atom. The number of ether oxygens (including phenoxy) is 1. The van der Waals surface area contributed by atoms with Gasteiger partial charge in [-0.05, 0) is 49.3 Å². The first-order valence-electron chi connectivity index (χ1n) is 10.4. The van der Waals surface area contributed by atoms with Gasteiger partial charge < -0.3 is 19.5 Å². The van der Waals surface area contributed by atoms with Gasteiger partial charge in [-0.2, -0.15) is 0 Å². The van der Waals surface area contributed by atoms with E-state index in [0.717, 1.165) is 56.0 Å². The van der Waals surface area contributed by atoms with E-state index in [4.69, 9.17) is 11.2 Å². The molecule has 2 saturated heterocycles. The second-order valence-corrected chi connectivity index (χ2v) is 8.49. The van der Waals surface area contributed by atoms with Crippen LogP contribution in [-0.4, -0.2) is 44.4 Å². The Balaban J connectivity index is 1.58. The summed E-state index contributed by atoms with van der Waals surface area (Å²) in [5, 5.41) is 1.06. The van der Waals surface area contributed by atoms with Gasteiger partial charge in [-0.15, -0.1) is 6.42 Å². The van der Waals surface area contributed by atoms with Crippen LogP contribution >= 0.6 is 0 Å². The maximum atomic E-state index is 12.7. The molecule has 0 amide bonds. The molecule has 5 rings (SSSR count). The minimum atomic E-state index is -0.159. The molecule has 0 atom stereocenters. The smallest absolute Gasteiger partial charge is 0.266 e. The zero-order chi connectivity index (χ0) is 19.1. The van der Waals surface area contributed by atoms with Gasteiger partial charge in [0.25, 0.3) is 5.56 Å². The first kappa shape index (κ1) is 17.6. The third kappa shape index (κ3) is 2.87. The molecular formula is C23H27N3O2. The highest BCUT2D eigenvalue weighted by Gasteiger charge is 2.40. The van der Waals surface area contributed by atoms with Crippen molar-refractivity contribution in [3.63, 3.8) is 0 Å². The average molecular weight is 377 g/mol. The van der Waals surface area contributed by atoms with Crippen molar-refractivity contribution in [3.8, 4) is 12.3 Å². The molecule has 3 heterocycles. The summed E-state index contributed by atoms with van der Waals surface area (Å²) in [5.41, 5.74) is 3.84. The number of aromatic nitrogens is 1. The summed E-state index contributed by atoms with van der Waals surface area (Å²) in [5.74, 6) is 2.68. The lowest BCUT2D eigenvalue weighted by Gasteiger charge is -2.48. The minimum Gasteiger partial charge on any atom is -0.378 e. The quantitative estimate of drug-likeness (QED) is 0.817. The summed E-state index contributed by atoms with van der Waals surface area (Å²) in [6.45, 7) is 5.24. The van der Waals surface area contributed by atoms with Crippen LogP contribution in [0.1, 0.15) is 37.7 Å². The minimum absolute atomic E-state index is 0.159. The van der Waals surface area contributed by atoms with Gasteiger partial charge in [-0.1, -0.05) is 12.3 Å². The maximum absolute atomic E-state index is 12.7. The Morgan fingerprint density at radius 2 is 1.79 bits per heavy atom. The predicted molar refractivity (Wildman–Crippen MR) is 113 cm³/mol. The fourth-order valence-corrected chi connectivity index (χ4v) is 5.13. The van der Waals surface area contributed by atoms with Crippen LogP contribution in [0.3, 0.4) is 0 Å². The highest BCUT2D eigenvalue weighted by atomic mass is 16.5. The summed E-state index contributed by atoms with van der Waals surface area (Å²) in [6.07, 6.45) is 12.3. The molecule has 0 bridgehead atoms. The summed E-state index contributed by atoms with van der Waals surface area (Å²) in [7, 11) is 0. The van der Waals surface area contributed by atoms with Crippen molar-refractivity contribution in [2.45, 2.75) is 32.1 Å². The van der Waals surface area contributed by atoms with Gasteiger partial charge in [0.05, 0.1) is 24.4 Å². The van der Waals surface area contributed by atoms with E-state index in [1.165, 1.54) is 37.8 Å². The van der Waals surface area contributed by atoms with Crippen molar-refractivity contribution >= 4 is 22.3 Å². The van der Waals surface area contributed by atoms with E-state index in [9.17, 15) is 4.79 Å². The van der Waals surface area contributed by atoms with E-state index in [1.54, 1.807) is 0 Å². The van der Waals surface area contributed by atoms with Crippen molar-refractivity contribution in [2.24, 2.45) is 5.41 Å². The van der Waals surface area contributed by atoms with Gasteiger partial charge in [-0.25, -0.2) is 0 Å². The molecule has 1 aliphatic carbocycles. The number of terminal acetylenes is 1. The number of anilines is 2. The van der Waals surface area contributed by atoms with Crippen LogP contribution in [0.2, 0.25) is 0 Å². The maximum Gasteiger partial charge on any atom is 0.266 e. The Hall–Kier alpha value is -2.45. The molecule has 5 heteroatoms. The van der Waals surface area contributed by atoms with Gasteiger partial charge in [-0.3, -0.25) is 4.79 Å². The molecule has 1 saturated carbocycles. The van der Waals surface area contributed by atoms with Gasteiger partial charge in [0.15, 0.2) is 0 Å². The molecule has 146 valence electrons. The molecule has 1 aromatic heterocycles. The summed E-state index contributed by atoms with van der Waals surface area (Å²) < 4.78 is 5.49. The lowest BCUT2D eigenvalue weighted by atomic mass is 9.63. The third-order valence-corrected chi connectivity index (χ3v) is 7.05. The number of piperidine rings is 1. The summed E-state index contributed by atoms with van der Waals surface area (Å²) >= 11 is 0. The molecule has 2 aromatic rings. The Kier molecular flexibility index (Phi) is 4.32. The highest BCUT2D eigenvalue weighted by molar-refractivity contribution is 5.96. The number of nitrogens with one attached hydrogen (secondary N) is 1. The monoisotopic (exact) mass is 377 g/mol. The number of hydrogen-bond donors (Lipinski definition) is 1. The number of hydrogen-bond acceptors (Lipinski definition) is 4. The SMILES string of the molecule is C#Cc1c(N2CCC3(CCC3)CC2)c2cc(N3CCOCC3)ccc2[nH]c1=O. The van der Waals surface area contributed by atoms with Crippen molar-refractivity contribution < 1.29 is 4.74 Å². The van der Waals surface area contributed by atoms with E-state index in [1.807, 2.05) is 6.07 Å². The van der Waals surface area contributed by atoms with E-state index in [-0.39, 0.29) is 5.56 Å². The molecule has 1 spiro atoms. The molecule has 1 N–H and O–H groups in total. The number of benzene rings is 1. The van der Waals surface area contributed by atoms with E-state index < -0.39 is 0 Å². The Labute approximate surface area is 165 Å². The molecule has 0 unspecified atom stereocenters. The number of aromatic amines is 1. The molecule has 28 heavy (non-hydrogen) atoms. The van der Waals surface area contributed by atoms with Gasteiger partial charge in [0.1, 0.15) is 5.56 Å². The lowest BCUT2D eigenvalue weighted by Crippen LogP contribution is -2.44.